The van der Waals surface area contributed by atoms with E-state index in [0.717, 1.165) is 32.1 Å². The minimum atomic E-state index is -0.0487. The van der Waals surface area contributed by atoms with Crippen LogP contribution in [-0.2, 0) is 9.59 Å². The third kappa shape index (κ3) is 8.72. The molecule has 4 nitrogen and oxygen atoms in total. The van der Waals surface area contributed by atoms with Gasteiger partial charge in [0, 0.05) is 20.0 Å². The molecule has 1 N–H and O–H groups in total. The van der Waals surface area contributed by atoms with Crippen LogP contribution in [0.25, 0.3) is 0 Å². The quantitative estimate of drug-likeness (QED) is 0.628. The topological polar surface area (TPSA) is 49.4 Å². The largest absolute Gasteiger partial charge is 0.355 e. The molecule has 0 aromatic carbocycles. The molecule has 0 aliphatic rings. The Balaban J connectivity index is 3.83. The first kappa shape index (κ1) is 15.9. The fourth-order valence-corrected chi connectivity index (χ4v) is 1.53. The number of carbonyl (C=O) groups excluding carboxylic acids is 2. The summed E-state index contributed by atoms with van der Waals surface area (Å²) in [6.07, 6.45) is 5.26. The number of hydrogen-bond acceptors (Lipinski definition) is 2. The zero-order chi connectivity index (χ0) is 13.1. The van der Waals surface area contributed by atoms with E-state index >= 15 is 0 Å². The van der Waals surface area contributed by atoms with Crippen molar-refractivity contribution < 1.29 is 9.59 Å². The Kier molecular flexibility index (Phi) is 9.49. The number of amides is 2. The van der Waals surface area contributed by atoms with Crippen molar-refractivity contribution in [2.24, 2.45) is 0 Å². The van der Waals surface area contributed by atoms with Crippen LogP contribution in [0, 0.1) is 0 Å². The van der Waals surface area contributed by atoms with E-state index in [1.165, 1.54) is 6.92 Å². The van der Waals surface area contributed by atoms with E-state index in [4.69, 9.17) is 0 Å². The Hall–Kier alpha value is -1.06. The first-order valence-electron chi connectivity index (χ1n) is 6.64. The highest BCUT2D eigenvalue weighted by atomic mass is 16.2. The van der Waals surface area contributed by atoms with E-state index in [1.54, 1.807) is 4.90 Å². The molecule has 0 spiro atoms. The van der Waals surface area contributed by atoms with Crippen molar-refractivity contribution in [3.63, 3.8) is 0 Å². The summed E-state index contributed by atoms with van der Waals surface area (Å²) in [5.41, 5.74) is 0. The van der Waals surface area contributed by atoms with Gasteiger partial charge < -0.3 is 10.2 Å². The predicted octanol–water partition coefficient (Wildman–Crippen LogP) is 1.94. The van der Waals surface area contributed by atoms with Crippen LogP contribution in [0.3, 0.4) is 0 Å². The third-order valence-electron chi connectivity index (χ3n) is 2.66. The summed E-state index contributed by atoms with van der Waals surface area (Å²) >= 11 is 0. The SMILES string of the molecule is CCCCCNC(=O)CN(CCCC)C(C)=O. The van der Waals surface area contributed by atoms with Crippen LogP contribution < -0.4 is 5.32 Å². The zero-order valence-electron chi connectivity index (χ0n) is 11.4. The lowest BCUT2D eigenvalue weighted by Crippen LogP contribution is -2.40. The van der Waals surface area contributed by atoms with Crippen LogP contribution >= 0.6 is 0 Å². The molecule has 0 rings (SSSR count). The standard InChI is InChI=1S/C13H26N2O2/c1-4-6-8-9-14-13(17)11-15(12(3)16)10-7-5-2/h4-11H2,1-3H3,(H,14,17). The molecule has 2 amide bonds. The minimum absolute atomic E-state index is 0.0258. The molecule has 17 heavy (non-hydrogen) atoms. The van der Waals surface area contributed by atoms with Gasteiger partial charge in [-0.3, -0.25) is 9.59 Å². The van der Waals surface area contributed by atoms with Crippen LogP contribution in [0.1, 0.15) is 52.9 Å². The number of carbonyl (C=O) groups is 2. The maximum absolute atomic E-state index is 11.6. The van der Waals surface area contributed by atoms with Crippen molar-refractivity contribution >= 4 is 11.8 Å². The maximum Gasteiger partial charge on any atom is 0.239 e. The Morgan fingerprint density at radius 3 is 2.24 bits per heavy atom. The van der Waals surface area contributed by atoms with Gasteiger partial charge in [0.05, 0.1) is 6.54 Å². The van der Waals surface area contributed by atoms with E-state index in [-0.39, 0.29) is 18.4 Å². The summed E-state index contributed by atoms with van der Waals surface area (Å²) < 4.78 is 0. The highest BCUT2D eigenvalue weighted by molar-refractivity contribution is 5.83. The van der Waals surface area contributed by atoms with Crippen LogP contribution in [0.4, 0.5) is 0 Å². The predicted molar refractivity (Wildman–Crippen MR) is 69.7 cm³/mol. The van der Waals surface area contributed by atoms with Crippen molar-refractivity contribution in [2.75, 3.05) is 19.6 Å². The van der Waals surface area contributed by atoms with Crippen molar-refractivity contribution in [3.05, 3.63) is 0 Å². The number of unbranched alkanes of at least 4 members (excludes halogenated alkanes) is 3. The Labute approximate surface area is 105 Å². The van der Waals surface area contributed by atoms with Crippen molar-refractivity contribution in [2.45, 2.75) is 52.9 Å². The van der Waals surface area contributed by atoms with Gasteiger partial charge in [-0.25, -0.2) is 0 Å². The van der Waals surface area contributed by atoms with Gasteiger partial charge in [-0.05, 0) is 12.8 Å². The van der Waals surface area contributed by atoms with Crippen LogP contribution in [0.15, 0.2) is 0 Å². The molecule has 4 heteroatoms. The molecule has 100 valence electrons. The molecule has 0 bridgehead atoms. The van der Waals surface area contributed by atoms with Gasteiger partial charge in [0.25, 0.3) is 0 Å². The highest BCUT2D eigenvalue weighted by Crippen LogP contribution is 1.96. The number of rotatable bonds is 9. The van der Waals surface area contributed by atoms with Crippen molar-refractivity contribution in [3.8, 4) is 0 Å². The molecular weight excluding hydrogens is 216 g/mol. The fourth-order valence-electron chi connectivity index (χ4n) is 1.53. The number of hydrogen-bond donors (Lipinski definition) is 1. The first-order chi connectivity index (χ1) is 8.11. The molecule has 0 radical (unpaired) electrons. The minimum Gasteiger partial charge on any atom is -0.355 e. The van der Waals surface area contributed by atoms with E-state index in [1.807, 2.05) is 0 Å². The lowest BCUT2D eigenvalue weighted by atomic mass is 10.2. The molecular formula is C13H26N2O2. The Morgan fingerprint density at radius 2 is 1.71 bits per heavy atom. The second-order valence-corrected chi connectivity index (χ2v) is 4.35. The monoisotopic (exact) mass is 242 g/mol. The van der Waals surface area contributed by atoms with Gasteiger partial charge in [0.1, 0.15) is 0 Å². The maximum atomic E-state index is 11.6. The smallest absolute Gasteiger partial charge is 0.239 e. The number of nitrogens with zero attached hydrogens (tertiary/aromatic N) is 1. The molecule has 0 unspecified atom stereocenters. The highest BCUT2D eigenvalue weighted by Gasteiger charge is 2.12. The lowest BCUT2D eigenvalue weighted by Gasteiger charge is -2.20. The third-order valence-corrected chi connectivity index (χ3v) is 2.66. The van der Waals surface area contributed by atoms with E-state index in [2.05, 4.69) is 19.2 Å². The molecule has 0 aliphatic carbocycles. The summed E-state index contributed by atoms with van der Waals surface area (Å²) in [4.78, 5) is 24.5. The summed E-state index contributed by atoms with van der Waals surface area (Å²) in [6.45, 7) is 7.30. The molecule has 0 saturated heterocycles. The molecule has 0 fully saturated rings. The van der Waals surface area contributed by atoms with Gasteiger partial charge in [0.15, 0.2) is 0 Å². The van der Waals surface area contributed by atoms with Gasteiger partial charge in [-0.2, -0.15) is 0 Å². The fraction of sp³-hybridized carbons (Fsp3) is 0.846. The first-order valence-corrected chi connectivity index (χ1v) is 6.64. The van der Waals surface area contributed by atoms with Crippen LogP contribution in [0.2, 0.25) is 0 Å². The summed E-state index contributed by atoms with van der Waals surface area (Å²) in [5, 5.41) is 2.85. The van der Waals surface area contributed by atoms with Crippen LogP contribution in [0.5, 0.6) is 0 Å². The molecule has 0 aliphatic heterocycles. The average Bonchev–Trinajstić information content (AvgIpc) is 2.29. The zero-order valence-corrected chi connectivity index (χ0v) is 11.4. The number of nitrogens with one attached hydrogen (secondary N) is 1. The van der Waals surface area contributed by atoms with E-state index < -0.39 is 0 Å². The Bertz CT molecular complexity index is 229. The van der Waals surface area contributed by atoms with Gasteiger partial charge in [0.2, 0.25) is 11.8 Å². The van der Waals surface area contributed by atoms with E-state index in [0.29, 0.717) is 13.1 Å². The van der Waals surface area contributed by atoms with Crippen LogP contribution in [-0.4, -0.2) is 36.3 Å². The summed E-state index contributed by atoms with van der Waals surface area (Å²) in [6, 6.07) is 0. The average molecular weight is 242 g/mol. The molecule has 0 aromatic heterocycles. The summed E-state index contributed by atoms with van der Waals surface area (Å²) in [5.74, 6) is -0.0745. The summed E-state index contributed by atoms with van der Waals surface area (Å²) in [7, 11) is 0. The normalized spacial score (nSPS) is 10.1. The van der Waals surface area contributed by atoms with Gasteiger partial charge >= 0.3 is 0 Å². The molecule has 0 aromatic rings. The molecule has 0 heterocycles. The van der Waals surface area contributed by atoms with Gasteiger partial charge in [-0.1, -0.05) is 33.1 Å². The lowest BCUT2D eigenvalue weighted by molar-refractivity contribution is -0.134. The molecule has 0 atom stereocenters. The van der Waals surface area contributed by atoms with Gasteiger partial charge in [-0.15, -0.1) is 0 Å². The second kappa shape index (κ2) is 10.1. The van der Waals surface area contributed by atoms with Crippen molar-refractivity contribution in [1.82, 2.24) is 10.2 Å². The van der Waals surface area contributed by atoms with E-state index in [9.17, 15) is 9.59 Å². The second-order valence-electron chi connectivity index (χ2n) is 4.35. The molecule has 0 saturated carbocycles. The Morgan fingerprint density at radius 1 is 1.06 bits per heavy atom. The van der Waals surface area contributed by atoms with Crippen molar-refractivity contribution in [1.29, 1.82) is 0 Å².